The van der Waals surface area contributed by atoms with Gasteiger partial charge in [-0.15, -0.1) is 0 Å². The van der Waals surface area contributed by atoms with Gasteiger partial charge in [-0.05, 0) is 91.9 Å². The van der Waals surface area contributed by atoms with E-state index in [1.54, 1.807) is 27.7 Å². The molecule has 0 bridgehead atoms. The Kier molecular flexibility index (Phi) is 65.6. The van der Waals surface area contributed by atoms with Gasteiger partial charge in [0.25, 0.3) is 0 Å². The Bertz CT molecular complexity index is 2610. The standard InChI is InChI=1S/C20H29NO10.C12H21NO6.2C7H12O2.C6H10O2.4C5H10O3.C5H10.CH3.CH2.Fe/c1-10(22)27-9-15-17(28-11(2)23)18(29-12(3)24)16(20(31-15)30-13(4)25)21-19(26)14-7-5-6-8-14;14-5-7-9(15)10(16)8(12(18)19-7)13-11(17)6-3-1-2-4-6;2*1-9-7(8)6-4-2-3-5-6;7-6(8)5-3-1-2-4-5;4*1-5(4-6,7-2)8-3;1-2-4-5-3-1;;;/h14-18,20H,5-9H2,1-4H3,(H,21,26);6-10,12,14-16,18H,1-5H2,(H,13,17);2*6H,2-5H2,1H3;5H,1-4H2,(H,7,8);4*4H,1-3H3;1-5H2;1H3;1H2;/q;;;;;;;;;;-1;;+1/t15?,16?,17-,18-,20+;7?,8?,9-,10-,12-;;;;;;;;;;;/m10.........../s1. The van der Waals surface area contributed by atoms with Gasteiger partial charge < -0.3 is 119 Å². The van der Waals surface area contributed by atoms with Gasteiger partial charge in [-0.3, -0.25) is 62.3 Å². The van der Waals surface area contributed by atoms with E-state index in [-0.39, 0.29) is 67.4 Å². The van der Waals surface area contributed by atoms with Crippen LogP contribution in [-0.4, -0.2) is 278 Å². The van der Waals surface area contributed by atoms with E-state index < -0.39 is 121 Å². The van der Waals surface area contributed by atoms with E-state index in [1.807, 2.05) is 0 Å². The van der Waals surface area contributed by atoms with Crippen molar-refractivity contribution < 1.29 is 179 Å². The number of carboxylic acid groups (broad SMARTS) is 1. The minimum absolute atomic E-state index is 0. The van der Waals surface area contributed by atoms with Crippen LogP contribution in [-0.2, 0) is 154 Å². The molecule has 0 aromatic carbocycles. The molecule has 2 aliphatic heterocycles. The van der Waals surface area contributed by atoms with Crippen LogP contribution >= 0.6 is 0 Å². The van der Waals surface area contributed by atoms with Crippen molar-refractivity contribution >= 4 is 84.2 Å². The number of amides is 2. The van der Waals surface area contributed by atoms with E-state index in [9.17, 15) is 77.6 Å². The number of methoxy groups -OCH3 is 10. The molecular formula is C79H139FeN2O34. The second kappa shape index (κ2) is 65.6. The van der Waals surface area contributed by atoms with Crippen LogP contribution in [0.3, 0.4) is 0 Å². The fourth-order valence-electron chi connectivity index (χ4n) is 11.9. The average molecular weight is 1720 g/mol. The Morgan fingerprint density at radius 3 is 0.931 bits per heavy atom. The van der Waals surface area contributed by atoms with E-state index >= 15 is 0 Å². The number of hydrogen-bond acceptors (Lipinski definition) is 33. The van der Waals surface area contributed by atoms with Gasteiger partial charge in [0.15, 0.2) is 43.6 Å². The van der Waals surface area contributed by atoms with Crippen LogP contribution in [0.4, 0.5) is 0 Å². The zero-order valence-corrected chi connectivity index (χ0v) is 72.8. The minimum atomic E-state index is -1.44. The zero-order valence-electron chi connectivity index (χ0n) is 71.7. The molecule has 2 heterocycles. The number of aldehydes is 4. The van der Waals surface area contributed by atoms with Gasteiger partial charge in [-0.2, -0.15) is 0 Å². The summed E-state index contributed by atoms with van der Waals surface area (Å²) in [5, 5.41) is 52.0. The number of rotatable bonds is 25. The predicted molar refractivity (Wildman–Crippen MR) is 414 cm³/mol. The number of nitrogens with one attached hydrogen (secondary N) is 2. The third kappa shape index (κ3) is 47.5. The molecule has 37 heteroatoms. The maximum atomic E-state index is 12.8. The molecule has 0 aromatic heterocycles. The molecule has 7 N–H and O–H groups in total. The number of ether oxygens (including phenoxy) is 16. The number of aliphatic hydroxyl groups is 4. The Labute approximate surface area is 692 Å². The zero-order chi connectivity index (χ0) is 88.5. The van der Waals surface area contributed by atoms with E-state index in [1.165, 1.54) is 136 Å². The number of carbonyl (C=O) groups is 13. The number of aliphatic hydroxyl groups excluding tert-OH is 4. The fourth-order valence-corrected chi connectivity index (χ4v) is 11.9. The van der Waals surface area contributed by atoms with E-state index in [2.05, 4.69) is 79.0 Å². The van der Waals surface area contributed by atoms with Gasteiger partial charge in [0.05, 0.1) is 38.6 Å². The summed E-state index contributed by atoms with van der Waals surface area (Å²) in [6, 6.07) is -2.22. The van der Waals surface area contributed by atoms with Crippen LogP contribution < -0.4 is 10.6 Å². The van der Waals surface area contributed by atoms with Crippen LogP contribution in [0.15, 0.2) is 0 Å². The largest absolute Gasteiger partial charge is 0.358 e. The molecular weight excluding hydrogens is 1580 g/mol. The summed E-state index contributed by atoms with van der Waals surface area (Å²) in [7, 11) is 14.2. The Hall–Kier alpha value is -6.26. The van der Waals surface area contributed by atoms with Crippen molar-refractivity contribution in [3.63, 3.8) is 0 Å². The second-order valence-electron chi connectivity index (χ2n) is 28.1. The van der Waals surface area contributed by atoms with Gasteiger partial charge in [0.2, 0.25) is 41.3 Å². The molecule has 0 spiro atoms. The summed E-state index contributed by atoms with van der Waals surface area (Å²) in [5.74, 6) is -8.07. The first-order chi connectivity index (χ1) is 54.3. The smallest absolute Gasteiger partial charge is 0.358 e. The van der Waals surface area contributed by atoms with Crippen LogP contribution in [0.2, 0.25) is 0 Å². The first-order valence-corrected chi connectivity index (χ1v) is 39.2. The number of carbonyl (C=O) groups excluding carboxylic acids is 12. The SMILES string of the molecule is C1CCCC1.CC(=O)OCC1O[C@H](OC(C)=O)C(NC(=O)C2CCCC2)[C@@H](OC(C)=O)[C@@H]1OC(C)=O.COC(=O)C1CCCC1.COC(=O)C1CCCC1.COC(C)(C=O)OC.COC(C)(C=O)OC.COC(C)(C=O)OC.COC(C)(C=O)OC.O=C(NC1[C@@H](O)OC(CO)[C@H](O)[C@H]1O)C1CCCC1.O=C(O)C1CCCC1.[CH2]=[Fe+].[CH3-]. The van der Waals surface area contributed by atoms with Crippen LogP contribution in [0.25, 0.3) is 0 Å². The molecule has 8 aliphatic rings. The van der Waals surface area contributed by atoms with Gasteiger partial charge in [0.1, 0.15) is 43.1 Å². The summed E-state index contributed by atoms with van der Waals surface area (Å²) in [6.07, 6.45) is 19.5. The third-order valence-electron chi connectivity index (χ3n) is 19.8. The maximum absolute atomic E-state index is 12.8. The molecule has 6 aliphatic carbocycles. The third-order valence-corrected chi connectivity index (χ3v) is 19.8. The average Bonchev–Trinajstić information content (AvgIpc) is 0.840. The molecule has 2 saturated heterocycles. The van der Waals surface area contributed by atoms with Crippen molar-refractivity contribution in [2.45, 2.75) is 300 Å². The Balaban J connectivity index is -0.000000637. The molecule has 4 unspecified atom stereocenters. The van der Waals surface area contributed by atoms with Crippen LogP contribution in [0, 0.1) is 37.0 Å². The van der Waals surface area contributed by atoms with Gasteiger partial charge in [-0.1, -0.05) is 96.3 Å². The van der Waals surface area contributed by atoms with Gasteiger partial charge in [0, 0.05) is 96.4 Å². The maximum Gasteiger partial charge on any atom is -0.358 e. The van der Waals surface area contributed by atoms with Crippen molar-refractivity contribution in [1.82, 2.24) is 10.6 Å². The summed E-state index contributed by atoms with van der Waals surface area (Å²) < 4.78 is 78.0. The van der Waals surface area contributed by atoms with Gasteiger partial charge >= 0.3 is 62.8 Å². The minimum Gasteiger partial charge on any atom is -0.358 e. The fraction of sp³-hybridized carbons (Fsp3) is 0.810. The Morgan fingerprint density at radius 2 is 0.690 bits per heavy atom. The Morgan fingerprint density at radius 1 is 0.405 bits per heavy atom. The van der Waals surface area contributed by atoms with E-state index in [0.29, 0.717) is 38.0 Å². The molecule has 8 fully saturated rings. The molecule has 677 valence electrons. The van der Waals surface area contributed by atoms with Crippen LogP contribution in [0.5, 0.6) is 0 Å². The predicted octanol–water partition coefficient (Wildman–Crippen LogP) is 5.57. The number of aliphatic carboxylic acids is 1. The normalized spacial score (nSPS) is 23.0. The van der Waals surface area contributed by atoms with Gasteiger partial charge in [-0.25, -0.2) is 0 Å². The summed E-state index contributed by atoms with van der Waals surface area (Å²) in [5.41, 5.74) is 3.00. The molecule has 2 amide bonds. The van der Waals surface area contributed by atoms with Crippen molar-refractivity contribution in [2.75, 3.05) is 84.3 Å². The molecule has 0 radical (unpaired) electrons. The topological polar surface area (TPSA) is 495 Å². The van der Waals surface area contributed by atoms with E-state index in [0.717, 1.165) is 111 Å². The first-order valence-electron chi connectivity index (χ1n) is 38.5. The summed E-state index contributed by atoms with van der Waals surface area (Å²) in [6.45, 7) is 9.93. The van der Waals surface area contributed by atoms with Crippen molar-refractivity contribution in [1.29, 1.82) is 0 Å². The first kappa shape index (κ1) is 116. The van der Waals surface area contributed by atoms with E-state index in [4.69, 9.17) is 38.6 Å². The molecule has 36 nitrogen and oxygen atoms in total. The number of esters is 6. The number of carboxylic acids is 1. The van der Waals surface area contributed by atoms with Crippen molar-refractivity contribution in [3.8, 4) is 0 Å². The molecule has 0 aromatic rings. The molecule has 6 saturated carbocycles. The number of hydrogen-bond donors (Lipinski definition) is 7. The monoisotopic (exact) mass is 1720 g/mol. The van der Waals surface area contributed by atoms with Crippen molar-refractivity contribution in [3.05, 3.63) is 7.43 Å². The van der Waals surface area contributed by atoms with Crippen molar-refractivity contribution in [2.24, 2.45) is 29.6 Å². The second-order valence-corrected chi connectivity index (χ2v) is 28.1. The summed E-state index contributed by atoms with van der Waals surface area (Å²) in [4.78, 5) is 143. The summed E-state index contributed by atoms with van der Waals surface area (Å²) >= 11 is 3.00. The molecule has 8 rings (SSSR count). The molecule has 10 atom stereocenters. The van der Waals surface area contributed by atoms with Crippen LogP contribution in [0.1, 0.15) is 216 Å². The quantitative estimate of drug-likeness (QED) is 0.0147. The molecule has 116 heavy (non-hydrogen) atoms.